The van der Waals surface area contributed by atoms with Crippen molar-refractivity contribution in [3.63, 3.8) is 0 Å². The summed E-state index contributed by atoms with van der Waals surface area (Å²) in [6.07, 6.45) is 2.19. The van der Waals surface area contributed by atoms with Gasteiger partial charge in [0.15, 0.2) is 0 Å². The zero-order valence-electron chi connectivity index (χ0n) is 16.3. The van der Waals surface area contributed by atoms with E-state index in [1.807, 2.05) is 57.3 Å². The minimum absolute atomic E-state index is 0.0287. The molecule has 0 bridgehead atoms. The van der Waals surface area contributed by atoms with Gasteiger partial charge in [-0.15, -0.1) is 0 Å². The third-order valence-corrected chi connectivity index (χ3v) is 4.77. The number of aryl methyl sites for hydroxylation is 2. The van der Waals surface area contributed by atoms with E-state index in [9.17, 15) is 9.59 Å². The zero-order valence-corrected chi connectivity index (χ0v) is 16.3. The van der Waals surface area contributed by atoms with Gasteiger partial charge in [0.05, 0.1) is 18.3 Å². The third kappa shape index (κ3) is 4.13. The van der Waals surface area contributed by atoms with Gasteiger partial charge in [-0.25, -0.2) is 0 Å². The van der Waals surface area contributed by atoms with Gasteiger partial charge in [0, 0.05) is 31.4 Å². The standard InChI is InChI=1S/C20H26N4O3/c1-15-9-11-23(21-15)12-10-18(25)22-13-19(26)24(20(2,3)14-22)16-5-7-17(27-4)8-6-16/h5-9,11H,10,12-14H2,1-4H3. The van der Waals surface area contributed by atoms with Gasteiger partial charge in [0.2, 0.25) is 11.8 Å². The van der Waals surface area contributed by atoms with Crippen molar-refractivity contribution in [2.45, 2.75) is 39.3 Å². The number of piperazine rings is 1. The number of methoxy groups -OCH3 is 1. The molecule has 1 aromatic carbocycles. The van der Waals surface area contributed by atoms with Crippen LogP contribution in [0.25, 0.3) is 0 Å². The number of aromatic nitrogens is 2. The van der Waals surface area contributed by atoms with E-state index in [1.165, 1.54) is 0 Å². The Kier molecular flexibility index (Phi) is 5.21. The van der Waals surface area contributed by atoms with Crippen LogP contribution >= 0.6 is 0 Å². The first-order valence-electron chi connectivity index (χ1n) is 9.05. The number of carbonyl (C=O) groups is 2. The molecule has 2 amide bonds. The van der Waals surface area contributed by atoms with Crippen molar-refractivity contribution in [2.75, 3.05) is 25.1 Å². The molecule has 0 aliphatic carbocycles. The summed E-state index contributed by atoms with van der Waals surface area (Å²) in [5, 5.41) is 4.30. The van der Waals surface area contributed by atoms with Crippen LogP contribution in [0.2, 0.25) is 0 Å². The molecule has 144 valence electrons. The maximum Gasteiger partial charge on any atom is 0.247 e. The molecule has 2 aromatic rings. The molecule has 1 aliphatic rings. The van der Waals surface area contributed by atoms with E-state index in [0.717, 1.165) is 17.1 Å². The first-order valence-corrected chi connectivity index (χ1v) is 9.05. The Morgan fingerprint density at radius 3 is 2.48 bits per heavy atom. The van der Waals surface area contributed by atoms with Crippen LogP contribution in [0.3, 0.4) is 0 Å². The Hall–Kier alpha value is -2.83. The second kappa shape index (κ2) is 7.42. The third-order valence-electron chi connectivity index (χ3n) is 4.77. The van der Waals surface area contributed by atoms with Crippen LogP contribution in [0.4, 0.5) is 5.69 Å². The van der Waals surface area contributed by atoms with Gasteiger partial charge in [-0.3, -0.25) is 14.3 Å². The summed E-state index contributed by atoms with van der Waals surface area (Å²) in [5.41, 5.74) is 1.23. The van der Waals surface area contributed by atoms with Crippen molar-refractivity contribution >= 4 is 17.5 Å². The summed E-state index contributed by atoms with van der Waals surface area (Å²) in [7, 11) is 1.61. The number of ether oxygens (including phenoxy) is 1. The molecular formula is C20H26N4O3. The van der Waals surface area contributed by atoms with Gasteiger partial charge in [-0.1, -0.05) is 0 Å². The molecule has 0 saturated carbocycles. The van der Waals surface area contributed by atoms with Crippen molar-refractivity contribution in [3.8, 4) is 5.75 Å². The highest BCUT2D eigenvalue weighted by Gasteiger charge is 2.40. The predicted molar refractivity (Wildman–Crippen MR) is 103 cm³/mol. The minimum atomic E-state index is -0.498. The Balaban J connectivity index is 1.68. The second-order valence-corrected chi connectivity index (χ2v) is 7.46. The fraction of sp³-hybridized carbons (Fsp3) is 0.450. The number of nitrogens with zero attached hydrogens (tertiary/aromatic N) is 4. The van der Waals surface area contributed by atoms with Gasteiger partial charge in [-0.05, 0) is 51.1 Å². The Bertz CT molecular complexity index is 826. The van der Waals surface area contributed by atoms with Crippen molar-refractivity contribution < 1.29 is 14.3 Å². The van der Waals surface area contributed by atoms with Crippen molar-refractivity contribution in [3.05, 3.63) is 42.2 Å². The van der Waals surface area contributed by atoms with Crippen molar-refractivity contribution in [1.82, 2.24) is 14.7 Å². The SMILES string of the molecule is COc1ccc(N2C(=O)CN(C(=O)CCn3ccc(C)n3)CC2(C)C)cc1. The van der Waals surface area contributed by atoms with E-state index in [4.69, 9.17) is 4.74 Å². The molecule has 1 saturated heterocycles. The van der Waals surface area contributed by atoms with Gasteiger partial charge in [-0.2, -0.15) is 5.10 Å². The number of hydrogen-bond acceptors (Lipinski definition) is 4. The molecular weight excluding hydrogens is 344 g/mol. The number of benzene rings is 1. The maximum absolute atomic E-state index is 12.8. The summed E-state index contributed by atoms with van der Waals surface area (Å²) in [6, 6.07) is 9.32. The Labute approximate surface area is 159 Å². The molecule has 7 nitrogen and oxygen atoms in total. The Morgan fingerprint density at radius 2 is 1.93 bits per heavy atom. The molecule has 1 fully saturated rings. The molecule has 2 heterocycles. The number of carbonyl (C=O) groups excluding carboxylic acids is 2. The summed E-state index contributed by atoms with van der Waals surface area (Å²) in [5.74, 6) is 0.630. The van der Waals surface area contributed by atoms with E-state index >= 15 is 0 Å². The molecule has 0 unspecified atom stereocenters. The largest absolute Gasteiger partial charge is 0.497 e. The average molecular weight is 370 g/mol. The summed E-state index contributed by atoms with van der Waals surface area (Å²) in [6.45, 7) is 6.96. The number of rotatable bonds is 5. The van der Waals surface area contributed by atoms with Crippen LogP contribution in [-0.4, -0.2) is 52.2 Å². The normalized spacial score (nSPS) is 16.5. The maximum atomic E-state index is 12.8. The summed E-state index contributed by atoms with van der Waals surface area (Å²) < 4.78 is 6.94. The zero-order chi connectivity index (χ0) is 19.6. The molecule has 0 radical (unpaired) electrons. The van der Waals surface area contributed by atoms with E-state index in [2.05, 4.69) is 5.10 Å². The smallest absolute Gasteiger partial charge is 0.247 e. The highest BCUT2D eigenvalue weighted by molar-refractivity contribution is 5.99. The molecule has 0 atom stereocenters. The fourth-order valence-electron chi connectivity index (χ4n) is 3.52. The van der Waals surface area contributed by atoms with E-state index in [1.54, 1.807) is 21.6 Å². The fourth-order valence-corrected chi connectivity index (χ4v) is 3.52. The monoisotopic (exact) mass is 370 g/mol. The predicted octanol–water partition coefficient (Wildman–Crippen LogP) is 2.24. The van der Waals surface area contributed by atoms with Crippen LogP contribution in [0.1, 0.15) is 26.0 Å². The molecule has 7 heteroatoms. The van der Waals surface area contributed by atoms with Crippen LogP contribution in [0, 0.1) is 6.92 Å². The lowest BCUT2D eigenvalue weighted by Crippen LogP contribution is -2.63. The number of anilines is 1. The van der Waals surface area contributed by atoms with Crippen LogP contribution in [0.15, 0.2) is 36.5 Å². The van der Waals surface area contributed by atoms with Gasteiger partial charge < -0.3 is 14.5 Å². The molecule has 27 heavy (non-hydrogen) atoms. The molecule has 0 spiro atoms. The average Bonchev–Trinajstić information content (AvgIpc) is 3.04. The van der Waals surface area contributed by atoms with E-state index in [0.29, 0.717) is 19.5 Å². The highest BCUT2D eigenvalue weighted by atomic mass is 16.5. The van der Waals surface area contributed by atoms with Crippen LogP contribution < -0.4 is 9.64 Å². The van der Waals surface area contributed by atoms with Crippen LogP contribution in [0.5, 0.6) is 5.75 Å². The quantitative estimate of drug-likeness (QED) is 0.810. The second-order valence-electron chi connectivity index (χ2n) is 7.46. The number of hydrogen-bond donors (Lipinski definition) is 0. The van der Waals surface area contributed by atoms with E-state index < -0.39 is 5.54 Å². The molecule has 1 aromatic heterocycles. The van der Waals surface area contributed by atoms with Crippen LogP contribution in [-0.2, 0) is 16.1 Å². The lowest BCUT2D eigenvalue weighted by atomic mass is 9.97. The van der Waals surface area contributed by atoms with Gasteiger partial charge in [0.1, 0.15) is 12.3 Å². The first kappa shape index (κ1) is 18.9. The summed E-state index contributed by atoms with van der Waals surface area (Å²) >= 11 is 0. The molecule has 0 N–H and O–H groups in total. The lowest BCUT2D eigenvalue weighted by Gasteiger charge is -2.46. The topological polar surface area (TPSA) is 67.7 Å². The molecule has 1 aliphatic heterocycles. The molecule has 3 rings (SSSR count). The van der Waals surface area contributed by atoms with Crippen molar-refractivity contribution in [1.29, 1.82) is 0 Å². The summed E-state index contributed by atoms with van der Waals surface area (Å²) in [4.78, 5) is 28.9. The van der Waals surface area contributed by atoms with Gasteiger partial charge >= 0.3 is 0 Å². The van der Waals surface area contributed by atoms with Gasteiger partial charge in [0.25, 0.3) is 0 Å². The lowest BCUT2D eigenvalue weighted by molar-refractivity contribution is -0.139. The number of amides is 2. The highest BCUT2D eigenvalue weighted by Crippen LogP contribution is 2.30. The first-order chi connectivity index (χ1) is 12.8. The van der Waals surface area contributed by atoms with E-state index in [-0.39, 0.29) is 18.4 Å². The Morgan fingerprint density at radius 1 is 1.22 bits per heavy atom. The van der Waals surface area contributed by atoms with Crippen molar-refractivity contribution in [2.24, 2.45) is 0 Å². The minimum Gasteiger partial charge on any atom is -0.497 e.